The molecule has 114 valence electrons. The molecule has 0 spiro atoms. The van der Waals surface area contributed by atoms with E-state index in [4.69, 9.17) is 17.3 Å². The SMILES string of the molecule is CCC(N)Cc1c(CSc2ccc(C)cc2)nn(C)c1Cl. The zero-order chi connectivity index (χ0) is 15.4. The average Bonchev–Trinajstić information content (AvgIpc) is 2.74. The van der Waals surface area contributed by atoms with Gasteiger partial charge in [-0.2, -0.15) is 5.10 Å². The summed E-state index contributed by atoms with van der Waals surface area (Å²) in [5.74, 6) is 0.815. The number of halogens is 1. The van der Waals surface area contributed by atoms with Crippen LogP contribution in [0, 0.1) is 6.92 Å². The molecule has 0 saturated carbocycles. The van der Waals surface area contributed by atoms with Gasteiger partial charge in [0.1, 0.15) is 5.15 Å². The van der Waals surface area contributed by atoms with E-state index < -0.39 is 0 Å². The molecule has 2 N–H and O–H groups in total. The van der Waals surface area contributed by atoms with Crippen molar-refractivity contribution in [1.82, 2.24) is 9.78 Å². The topological polar surface area (TPSA) is 43.8 Å². The fraction of sp³-hybridized carbons (Fsp3) is 0.438. The number of thioether (sulfide) groups is 1. The van der Waals surface area contributed by atoms with Crippen LogP contribution in [0.15, 0.2) is 29.2 Å². The van der Waals surface area contributed by atoms with Gasteiger partial charge < -0.3 is 5.73 Å². The molecule has 0 saturated heterocycles. The van der Waals surface area contributed by atoms with E-state index >= 15 is 0 Å². The van der Waals surface area contributed by atoms with Gasteiger partial charge in [-0.3, -0.25) is 4.68 Å². The zero-order valence-electron chi connectivity index (χ0n) is 12.8. The number of nitrogens with zero attached hydrogens (tertiary/aromatic N) is 2. The molecule has 3 nitrogen and oxygen atoms in total. The van der Waals surface area contributed by atoms with E-state index in [9.17, 15) is 0 Å². The number of aromatic nitrogens is 2. The highest BCUT2D eigenvalue weighted by molar-refractivity contribution is 7.98. The number of rotatable bonds is 6. The summed E-state index contributed by atoms with van der Waals surface area (Å²) >= 11 is 8.13. The highest BCUT2D eigenvalue weighted by atomic mass is 35.5. The molecule has 0 amide bonds. The molecule has 2 rings (SSSR count). The largest absolute Gasteiger partial charge is 0.327 e. The quantitative estimate of drug-likeness (QED) is 0.818. The van der Waals surface area contributed by atoms with Gasteiger partial charge in [0.25, 0.3) is 0 Å². The monoisotopic (exact) mass is 323 g/mol. The van der Waals surface area contributed by atoms with E-state index in [1.807, 2.05) is 7.05 Å². The second kappa shape index (κ2) is 7.34. The summed E-state index contributed by atoms with van der Waals surface area (Å²) in [6.45, 7) is 4.19. The lowest BCUT2D eigenvalue weighted by Gasteiger charge is -2.09. The Bertz CT molecular complexity index is 592. The van der Waals surface area contributed by atoms with Crippen LogP contribution in [0.2, 0.25) is 5.15 Å². The number of hydrogen-bond acceptors (Lipinski definition) is 3. The summed E-state index contributed by atoms with van der Waals surface area (Å²) < 4.78 is 1.74. The van der Waals surface area contributed by atoms with Crippen molar-refractivity contribution < 1.29 is 0 Å². The molecule has 0 radical (unpaired) electrons. The van der Waals surface area contributed by atoms with Crippen molar-refractivity contribution in [3.05, 3.63) is 46.2 Å². The number of benzene rings is 1. The minimum Gasteiger partial charge on any atom is -0.327 e. The minimum atomic E-state index is 0.134. The summed E-state index contributed by atoms with van der Waals surface area (Å²) in [7, 11) is 1.88. The minimum absolute atomic E-state index is 0.134. The van der Waals surface area contributed by atoms with Crippen LogP contribution < -0.4 is 5.73 Å². The van der Waals surface area contributed by atoms with E-state index in [0.29, 0.717) is 5.15 Å². The van der Waals surface area contributed by atoms with Gasteiger partial charge in [0.2, 0.25) is 0 Å². The van der Waals surface area contributed by atoms with Crippen LogP contribution >= 0.6 is 23.4 Å². The molecular weight excluding hydrogens is 302 g/mol. The lowest BCUT2D eigenvalue weighted by atomic mass is 10.1. The van der Waals surface area contributed by atoms with Gasteiger partial charge in [0.15, 0.2) is 0 Å². The van der Waals surface area contributed by atoms with Crippen molar-refractivity contribution in [2.75, 3.05) is 0 Å². The summed E-state index contributed by atoms with van der Waals surface area (Å²) in [5, 5.41) is 5.25. The molecule has 2 aromatic rings. The van der Waals surface area contributed by atoms with Gasteiger partial charge in [-0.15, -0.1) is 11.8 Å². The number of aryl methyl sites for hydroxylation is 2. The second-order valence-corrected chi connectivity index (χ2v) is 6.72. The third-order valence-electron chi connectivity index (χ3n) is 3.54. The summed E-state index contributed by atoms with van der Waals surface area (Å²) in [5.41, 5.74) is 9.48. The first-order valence-corrected chi connectivity index (χ1v) is 8.53. The highest BCUT2D eigenvalue weighted by Gasteiger charge is 2.16. The zero-order valence-corrected chi connectivity index (χ0v) is 14.3. The van der Waals surface area contributed by atoms with Crippen molar-refractivity contribution in [2.24, 2.45) is 12.8 Å². The van der Waals surface area contributed by atoms with Crippen LogP contribution in [0.5, 0.6) is 0 Å². The van der Waals surface area contributed by atoms with Crippen molar-refractivity contribution in [1.29, 1.82) is 0 Å². The molecule has 1 atom stereocenters. The molecule has 0 bridgehead atoms. The first-order valence-electron chi connectivity index (χ1n) is 7.16. The summed E-state index contributed by atoms with van der Waals surface area (Å²) in [4.78, 5) is 1.24. The van der Waals surface area contributed by atoms with Gasteiger partial charge in [-0.05, 0) is 31.9 Å². The Morgan fingerprint density at radius 2 is 2.00 bits per heavy atom. The third-order valence-corrected chi connectivity index (χ3v) is 5.04. The van der Waals surface area contributed by atoms with Gasteiger partial charge in [-0.1, -0.05) is 36.2 Å². The van der Waals surface area contributed by atoms with Gasteiger partial charge in [0, 0.05) is 29.3 Å². The highest BCUT2D eigenvalue weighted by Crippen LogP contribution is 2.28. The van der Waals surface area contributed by atoms with Crippen molar-refractivity contribution in [2.45, 2.75) is 43.4 Å². The molecule has 0 fully saturated rings. The smallest absolute Gasteiger partial charge is 0.130 e. The first-order chi connectivity index (χ1) is 10.0. The van der Waals surface area contributed by atoms with Crippen LogP contribution in [0.4, 0.5) is 0 Å². The Hall–Kier alpha value is -0.970. The summed E-state index contributed by atoms with van der Waals surface area (Å²) in [6, 6.07) is 8.67. The Kier molecular flexibility index (Phi) is 5.73. The molecule has 21 heavy (non-hydrogen) atoms. The fourth-order valence-corrected chi connectivity index (χ4v) is 3.20. The van der Waals surface area contributed by atoms with Crippen molar-refractivity contribution in [3.8, 4) is 0 Å². The number of hydrogen-bond donors (Lipinski definition) is 1. The van der Waals surface area contributed by atoms with Crippen molar-refractivity contribution in [3.63, 3.8) is 0 Å². The molecule has 1 heterocycles. The average molecular weight is 324 g/mol. The van der Waals surface area contributed by atoms with E-state index in [1.54, 1.807) is 16.4 Å². The van der Waals surface area contributed by atoms with Gasteiger partial charge in [0.05, 0.1) is 5.69 Å². The van der Waals surface area contributed by atoms with Crippen molar-refractivity contribution >= 4 is 23.4 Å². The lowest BCUT2D eigenvalue weighted by Crippen LogP contribution is -2.21. The molecule has 0 aliphatic rings. The molecule has 1 aromatic heterocycles. The predicted molar refractivity (Wildman–Crippen MR) is 90.9 cm³/mol. The Labute approximate surface area is 135 Å². The number of nitrogens with two attached hydrogens (primary N) is 1. The van der Waals surface area contributed by atoms with Crippen LogP contribution in [0.3, 0.4) is 0 Å². The van der Waals surface area contributed by atoms with Crippen LogP contribution in [0.1, 0.15) is 30.2 Å². The van der Waals surface area contributed by atoms with Crippen LogP contribution in [-0.4, -0.2) is 15.8 Å². The Balaban J connectivity index is 2.12. The molecule has 1 aromatic carbocycles. The summed E-state index contributed by atoms with van der Waals surface area (Å²) in [6.07, 6.45) is 1.72. The molecule has 0 aliphatic heterocycles. The van der Waals surface area contributed by atoms with Crippen LogP contribution in [-0.2, 0) is 19.2 Å². The third kappa shape index (κ3) is 4.25. The normalized spacial score (nSPS) is 12.6. The second-order valence-electron chi connectivity index (χ2n) is 5.31. The predicted octanol–water partition coefficient (Wildman–Crippen LogP) is 3.95. The standard InChI is InChI=1S/C16H22ClN3S/c1-4-12(18)9-14-15(19-20(3)16(14)17)10-21-13-7-5-11(2)6-8-13/h5-8,12H,4,9-10,18H2,1-3H3. The molecular formula is C16H22ClN3S. The maximum atomic E-state index is 6.35. The van der Waals surface area contributed by atoms with Gasteiger partial charge >= 0.3 is 0 Å². The molecule has 1 unspecified atom stereocenters. The molecule has 0 aliphatic carbocycles. The Morgan fingerprint density at radius 1 is 1.33 bits per heavy atom. The first kappa shape index (κ1) is 16.4. The van der Waals surface area contributed by atoms with E-state index in [0.717, 1.165) is 29.9 Å². The maximum Gasteiger partial charge on any atom is 0.130 e. The maximum absolute atomic E-state index is 6.35. The van der Waals surface area contributed by atoms with E-state index in [2.05, 4.69) is 43.2 Å². The van der Waals surface area contributed by atoms with Crippen LogP contribution in [0.25, 0.3) is 0 Å². The van der Waals surface area contributed by atoms with Gasteiger partial charge in [-0.25, -0.2) is 0 Å². The van der Waals surface area contributed by atoms with E-state index in [-0.39, 0.29) is 6.04 Å². The Morgan fingerprint density at radius 3 is 2.62 bits per heavy atom. The van der Waals surface area contributed by atoms with E-state index in [1.165, 1.54) is 10.5 Å². The lowest BCUT2D eigenvalue weighted by molar-refractivity contribution is 0.644. The fourth-order valence-electron chi connectivity index (χ4n) is 2.11. The molecule has 5 heteroatoms.